The van der Waals surface area contributed by atoms with Crippen LogP contribution in [0.2, 0.25) is 5.02 Å². The molecular weight excluding hydrogens is 284 g/mol. The smallest absolute Gasteiger partial charge is 0.225 e. The van der Waals surface area contributed by atoms with Crippen molar-refractivity contribution in [1.82, 2.24) is 9.97 Å². The lowest BCUT2D eigenvalue weighted by molar-refractivity contribution is 0.495. The summed E-state index contributed by atoms with van der Waals surface area (Å²) in [6.45, 7) is 1.88. The van der Waals surface area contributed by atoms with Crippen LogP contribution in [0.25, 0.3) is 0 Å². The predicted molar refractivity (Wildman–Crippen MR) is 85.7 cm³/mol. The fraction of sp³-hybridized carbons (Fsp3) is 0.375. The molecule has 0 amide bonds. The van der Waals surface area contributed by atoms with Crippen molar-refractivity contribution in [2.45, 2.75) is 25.3 Å². The fourth-order valence-electron chi connectivity index (χ4n) is 2.54. The largest absolute Gasteiger partial charge is 0.341 e. The second kappa shape index (κ2) is 6.41. The molecule has 1 saturated heterocycles. The molecule has 4 nitrogen and oxygen atoms in total. The Labute approximate surface area is 130 Å². The predicted octanol–water partition coefficient (Wildman–Crippen LogP) is 2.65. The van der Waals surface area contributed by atoms with Crippen LogP contribution in [0.3, 0.4) is 0 Å². The Morgan fingerprint density at radius 3 is 2.29 bits per heavy atom. The van der Waals surface area contributed by atoms with Crippen molar-refractivity contribution in [2.24, 2.45) is 5.73 Å². The number of nitrogens with zero attached hydrogens (tertiary/aromatic N) is 3. The first-order valence-corrected chi connectivity index (χ1v) is 7.64. The molecule has 1 fully saturated rings. The van der Waals surface area contributed by atoms with Crippen LogP contribution < -0.4 is 10.6 Å². The minimum absolute atomic E-state index is 0.324. The lowest BCUT2D eigenvalue weighted by Crippen LogP contribution is -2.40. The number of piperidine rings is 1. The Balaban J connectivity index is 1.65. The van der Waals surface area contributed by atoms with Gasteiger partial charge in [0, 0.05) is 43.0 Å². The summed E-state index contributed by atoms with van der Waals surface area (Å²) in [5.41, 5.74) is 8.23. The maximum Gasteiger partial charge on any atom is 0.225 e. The summed E-state index contributed by atoms with van der Waals surface area (Å²) in [4.78, 5) is 11.2. The highest BCUT2D eigenvalue weighted by molar-refractivity contribution is 6.30. The van der Waals surface area contributed by atoms with Crippen LogP contribution in [0, 0.1) is 0 Å². The fourth-order valence-corrected chi connectivity index (χ4v) is 2.67. The molecule has 0 saturated carbocycles. The van der Waals surface area contributed by atoms with Crippen LogP contribution in [0.15, 0.2) is 36.7 Å². The quantitative estimate of drug-likeness (QED) is 0.947. The molecule has 2 aromatic rings. The minimum atomic E-state index is 0.324. The molecule has 1 aromatic carbocycles. The van der Waals surface area contributed by atoms with E-state index in [0.717, 1.165) is 48.9 Å². The summed E-state index contributed by atoms with van der Waals surface area (Å²) in [5, 5.41) is 0.758. The summed E-state index contributed by atoms with van der Waals surface area (Å²) in [7, 11) is 0. The van der Waals surface area contributed by atoms with Gasteiger partial charge in [-0.1, -0.05) is 23.7 Å². The van der Waals surface area contributed by atoms with Crippen molar-refractivity contribution in [3.63, 3.8) is 0 Å². The number of benzene rings is 1. The van der Waals surface area contributed by atoms with Gasteiger partial charge in [0.15, 0.2) is 0 Å². The van der Waals surface area contributed by atoms with E-state index in [9.17, 15) is 0 Å². The molecule has 110 valence electrons. The molecule has 1 aliphatic rings. The Bertz CT molecular complexity index is 574. The first-order valence-electron chi connectivity index (χ1n) is 7.26. The van der Waals surface area contributed by atoms with E-state index in [2.05, 4.69) is 14.9 Å². The van der Waals surface area contributed by atoms with E-state index in [4.69, 9.17) is 17.3 Å². The Hall–Kier alpha value is -1.65. The van der Waals surface area contributed by atoms with E-state index in [-0.39, 0.29) is 0 Å². The van der Waals surface area contributed by atoms with Crippen LogP contribution in [0.5, 0.6) is 0 Å². The molecule has 2 heterocycles. The number of hydrogen-bond donors (Lipinski definition) is 1. The third-order valence-corrected chi connectivity index (χ3v) is 4.09. The van der Waals surface area contributed by atoms with E-state index in [1.54, 1.807) is 0 Å². The lowest BCUT2D eigenvalue weighted by atomic mass is 10.1. The summed E-state index contributed by atoms with van der Waals surface area (Å²) < 4.78 is 0. The first kappa shape index (κ1) is 14.3. The SMILES string of the molecule is NC1CCN(c2ncc(Cc3ccc(Cl)cc3)cn2)CC1. The maximum atomic E-state index is 5.92. The van der Waals surface area contributed by atoms with Crippen molar-refractivity contribution in [3.8, 4) is 0 Å². The number of nitrogens with two attached hydrogens (primary N) is 1. The summed E-state index contributed by atoms with van der Waals surface area (Å²) in [6.07, 6.45) is 6.66. The molecule has 2 N–H and O–H groups in total. The van der Waals surface area contributed by atoms with Gasteiger partial charge >= 0.3 is 0 Å². The van der Waals surface area contributed by atoms with Gasteiger partial charge < -0.3 is 10.6 Å². The van der Waals surface area contributed by atoms with Crippen LogP contribution in [0.1, 0.15) is 24.0 Å². The van der Waals surface area contributed by atoms with Crippen molar-refractivity contribution in [2.75, 3.05) is 18.0 Å². The van der Waals surface area contributed by atoms with Crippen molar-refractivity contribution in [1.29, 1.82) is 0 Å². The molecule has 0 aliphatic carbocycles. The number of rotatable bonds is 3. The molecule has 0 radical (unpaired) electrons. The van der Waals surface area contributed by atoms with E-state index in [1.807, 2.05) is 36.7 Å². The number of aromatic nitrogens is 2. The van der Waals surface area contributed by atoms with Crippen LogP contribution in [-0.2, 0) is 6.42 Å². The van der Waals surface area contributed by atoms with Gasteiger partial charge in [-0.2, -0.15) is 0 Å². The zero-order chi connectivity index (χ0) is 14.7. The normalized spacial score (nSPS) is 16.2. The van der Waals surface area contributed by atoms with Gasteiger partial charge in [-0.25, -0.2) is 9.97 Å². The van der Waals surface area contributed by atoms with Crippen LogP contribution in [0.4, 0.5) is 5.95 Å². The number of halogens is 1. The molecule has 1 aliphatic heterocycles. The molecular formula is C16H19ClN4. The van der Waals surface area contributed by atoms with Crippen molar-refractivity contribution in [3.05, 3.63) is 52.8 Å². The number of hydrogen-bond acceptors (Lipinski definition) is 4. The van der Waals surface area contributed by atoms with Crippen molar-refractivity contribution < 1.29 is 0 Å². The van der Waals surface area contributed by atoms with E-state index in [1.165, 1.54) is 5.56 Å². The summed E-state index contributed by atoms with van der Waals surface area (Å²) in [5.74, 6) is 0.807. The van der Waals surface area contributed by atoms with E-state index in [0.29, 0.717) is 6.04 Å². The maximum absolute atomic E-state index is 5.92. The molecule has 0 unspecified atom stereocenters. The average molecular weight is 303 g/mol. The van der Waals surface area contributed by atoms with Gasteiger partial charge in [0.2, 0.25) is 5.95 Å². The second-order valence-corrected chi connectivity index (χ2v) is 5.96. The van der Waals surface area contributed by atoms with Crippen LogP contribution >= 0.6 is 11.6 Å². The number of anilines is 1. The van der Waals surface area contributed by atoms with Crippen molar-refractivity contribution >= 4 is 17.5 Å². The first-order chi connectivity index (χ1) is 10.2. The Morgan fingerprint density at radius 2 is 1.67 bits per heavy atom. The highest BCUT2D eigenvalue weighted by Crippen LogP contribution is 2.16. The topological polar surface area (TPSA) is 55.0 Å². The molecule has 0 atom stereocenters. The molecule has 5 heteroatoms. The molecule has 21 heavy (non-hydrogen) atoms. The highest BCUT2D eigenvalue weighted by Gasteiger charge is 2.17. The summed E-state index contributed by atoms with van der Waals surface area (Å²) in [6, 6.07) is 8.20. The Kier molecular flexibility index (Phi) is 4.36. The van der Waals surface area contributed by atoms with Gasteiger partial charge in [0.1, 0.15) is 0 Å². The van der Waals surface area contributed by atoms with Gasteiger partial charge in [-0.15, -0.1) is 0 Å². The monoisotopic (exact) mass is 302 g/mol. The molecule has 1 aromatic heterocycles. The van der Waals surface area contributed by atoms with Gasteiger partial charge in [0.25, 0.3) is 0 Å². The minimum Gasteiger partial charge on any atom is -0.341 e. The lowest BCUT2D eigenvalue weighted by Gasteiger charge is -2.30. The Morgan fingerprint density at radius 1 is 1.05 bits per heavy atom. The second-order valence-electron chi connectivity index (χ2n) is 5.52. The van der Waals surface area contributed by atoms with Gasteiger partial charge in [0.05, 0.1) is 0 Å². The third-order valence-electron chi connectivity index (χ3n) is 3.84. The summed E-state index contributed by atoms with van der Waals surface area (Å²) >= 11 is 5.89. The van der Waals surface area contributed by atoms with Crippen LogP contribution in [-0.4, -0.2) is 29.1 Å². The molecule has 0 bridgehead atoms. The zero-order valence-corrected chi connectivity index (χ0v) is 12.6. The standard InChI is InChI=1S/C16H19ClN4/c17-14-3-1-12(2-4-14)9-13-10-19-16(20-11-13)21-7-5-15(18)6-8-21/h1-4,10-11,15H,5-9,18H2. The zero-order valence-electron chi connectivity index (χ0n) is 11.9. The molecule has 0 spiro atoms. The third kappa shape index (κ3) is 3.71. The average Bonchev–Trinajstić information content (AvgIpc) is 2.51. The van der Waals surface area contributed by atoms with E-state index < -0.39 is 0 Å². The van der Waals surface area contributed by atoms with Gasteiger partial charge in [-0.3, -0.25) is 0 Å². The van der Waals surface area contributed by atoms with Gasteiger partial charge in [-0.05, 0) is 36.1 Å². The highest BCUT2D eigenvalue weighted by atomic mass is 35.5. The molecule has 3 rings (SSSR count). The van der Waals surface area contributed by atoms with E-state index >= 15 is 0 Å².